The molecule has 0 radical (unpaired) electrons. The van der Waals surface area contributed by atoms with Gasteiger partial charge in [0.2, 0.25) is 0 Å². The maximum Gasteiger partial charge on any atom is 0.138 e. The molecular formula is C11H14Cl3NO. The van der Waals surface area contributed by atoms with E-state index in [2.05, 4.69) is 0 Å². The van der Waals surface area contributed by atoms with Crippen LogP contribution in [0.1, 0.15) is 6.92 Å². The smallest absolute Gasteiger partial charge is 0.138 e. The molecule has 0 bridgehead atoms. The maximum absolute atomic E-state index is 5.94. The molecule has 0 amide bonds. The first-order valence-corrected chi connectivity index (χ1v) is 5.32. The van der Waals surface area contributed by atoms with E-state index in [1.165, 1.54) is 0 Å². The van der Waals surface area contributed by atoms with Gasteiger partial charge in [-0.15, -0.1) is 12.4 Å². The summed E-state index contributed by atoms with van der Waals surface area (Å²) in [5, 5.41) is 1.12. The molecule has 1 rings (SSSR count). The van der Waals surface area contributed by atoms with Crippen LogP contribution >= 0.6 is 35.6 Å². The second-order valence-electron chi connectivity index (χ2n) is 3.15. The van der Waals surface area contributed by atoms with Crippen molar-refractivity contribution in [1.29, 1.82) is 0 Å². The molecule has 1 aromatic rings. The molecular weight excluding hydrogens is 268 g/mol. The molecule has 2 nitrogen and oxygen atoms in total. The van der Waals surface area contributed by atoms with Crippen molar-refractivity contribution in [1.82, 2.24) is 0 Å². The van der Waals surface area contributed by atoms with Crippen molar-refractivity contribution >= 4 is 35.6 Å². The molecule has 0 saturated heterocycles. The fourth-order valence-electron chi connectivity index (χ4n) is 1.04. The third kappa shape index (κ3) is 5.08. The molecule has 0 fully saturated rings. The minimum Gasteiger partial charge on any atom is -0.488 e. The van der Waals surface area contributed by atoms with E-state index in [4.69, 9.17) is 33.7 Å². The zero-order valence-corrected chi connectivity index (χ0v) is 11.2. The molecule has 90 valence electrons. The van der Waals surface area contributed by atoms with Crippen molar-refractivity contribution in [3.63, 3.8) is 0 Å². The Bertz CT molecular complexity index is 366. The number of rotatable bonds is 4. The van der Waals surface area contributed by atoms with Crippen LogP contribution in [0, 0.1) is 0 Å². The van der Waals surface area contributed by atoms with Crippen molar-refractivity contribution in [3.05, 3.63) is 39.9 Å². The summed E-state index contributed by atoms with van der Waals surface area (Å²) in [6, 6.07) is 5.14. The van der Waals surface area contributed by atoms with Crippen LogP contribution in [0.4, 0.5) is 0 Å². The lowest BCUT2D eigenvalue weighted by molar-refractivity contribution is 0.352. The second-order valence-corrected chi connectivity index (χ2v) is 3.99. The van der Waals surface area contributed by atoms with E-state index in [0.717, 1.165) is 5.57 Å². The fraction of sp³-hybridized carbons (Fsp3) is 0.273. The van der Waals surface area contributed by atoms with Gasteiger partial charge in [0, 0.05) is 11.6 Å². The summed E-state index contributed by atoms with van der Waals surface area (Å²) >= 11 is 11.7. The first-order chi connectivity index (χ1) is 7.13. The molecule has 0 aliphatic heterocycles. The van der Waals surface area contributed by atoms with Crippen molar-refractivity contribution in [2.45, 2.75) is 6.92 Å². The number of halogens is 3. The Kier molecular flexibility index (Phi) is 7.60. The van der Waals surface area contributed by atoms with Crippen LogP contribution in [0.2, 0.25) is 10.0 Å². The lowest BCUT2D eigenvalue weighted by Gasteiger charge is -2.08. The van der Waals surface area contributed by atoms with Gasteiger partial charge in [0.15, 0.2) is 0 Å². The van der Waals surface area contributed by atoms with E-state index in [9.17, 15) is 0 Å². The summed E-state index contributed by atoms with van der Waals surface area (Å²) in [7, 11) is 0. The van der Waals surface area contributed by atoms with Crippen LogP contribution in [-0.4, -0.2) is 13.2 Å². The van der Waals surface area contributed by atoms with Crippen molar-refractivity contribution in [2.75, 3.05) is 13.2 Å². The standard InChI is InChI=1S/C11H13Cl2NO.ClH/c1-8(4-5-14)7-15-11-3-2-9(12)6-10(11)13;/h2-4,6H,5,7,14H2,1H3;1H/b8-4+;. The van der Waals surface area contributed by atoms with Crippen molar-refractivity contribution < 1.29 is 4.74 Å². The number of benzene rings is 1. The second kappa shape index (κ2) is 7.80. The average molecular weight is 283 g/mol. The largest absolute Gasteiger partial charge is 0.488 e. The predicted octanol–water partition coefficient (Wildman–Crippen LogP) is 3.70. The highest BCUT2D eigenvalue weighted by molar-refractivity contribution is 6.35. The van der Waals surface area contributed by atoms with Gasteiger partial charge < -0.3 is 10.5 Å². The summed E-state index contributed by atoms with van der Waals surface area (Å²) in [5.41, 5.74) is 6.45. The van der Waals surface area contributed by atoms with E-state index >= 15 is 0 Å². The maximum atomic E-state index is 5.94. The summed E-state index contributed by atoms with van der Waals surface area (Å²) < 4.78 is 5.49. The summed E-state index contributed by atoms with van der Waals surface area (Å²) in [6.07, 6.45) is 1.91. The Morgan fingerprint density at radius 3 is 2.69 bits per heavy atom. The van der Waals surface area contributed by atoms with Crippen molar-refractivity contribution in [2.24, 2.45) is 5.73 Å². The van der Waals surface area contributed by atoms with E-state index < -0.39 is 0 Å². The van der Waals surface area contributed by atoms with Gasteiger partial charge in [0.1, 0.15) is 12.4 Å². The van der Waals surface area contributed by atoms with Gasteiger partial charge in [0.05, 0.1) is 5.02 Å². The predicted molar refractivity (Wildman–Crippen MR) is 72.0 cm³/mol. The molecule has 0 aromatic heterocycles. The minimum atomic E-state index is 0. The molecule has 0 heterocycles. The third-order valence-electron chi connectivity index (χ3n) is 1.82. The van der Waals surface area contributed by atoms with Crippen molar-refractivity contribution in [3.8, 4) is 5.75 Å². The monoisotopic (exact) mass is 281 g/mol. The molecule has 0 atom stereocenters. The summed E-state index contributed by atoms with van der Waals surface area (Å²) in [4.78, 5) is 0. The Balaban J connectivity index is 0.00000225. The Labute approximate surface area is 112 Å². The van der Waals surface area contributed by atoms with Gasteiger partial charge in [-0.3, -0.25) is 0 Å². The Morgan fingerprint density at radius 1 is 1.44 bits per heavy atom. The average Bonchev–Trinajstić information content (AvgIpc) is 2.17. The van der Waals surface area contributed by atoms with E-state index in [1.54, 1.807) is 18.2 Å². The van der Waals surface area contributed by atoms with Crippen LogP contribution < -0.4 is 10.5 Å². The highest BCUT2D eigenvalue weighted by atomic mass is 35.5. The normalized spacial score (nSPS) is 10.9. The quantitative estimate of drug-likeness (QED) is 0.855. The molecule has 0 spiro atoms. The van der Waals surface area contributed by atoms with E-state index in [-0.39, 0.29) is 12.4 Å². The van der Waals surface area contributed by atoms with Crippen LogP contribution in [0.3, 0.4) is 0 Å². The lowest BCUT2D eigenvalue weighted by Crippen LogP contribution is -2.02. The van der Waals surface area contributed by atoms with Gasteiger partial charge >= 0.3 is 0 Å². The first kappa shape index (κ1) is 15.6. The summed E-state index contributed by atoms with van der Waals surface area (Å²) in [5.74, 6) is 0.630. The molecule has 2 N–H and O–H groups in total. The van der Waals surface area contributed by atoms with E-state index in [0.29, 0.717) is 28.9 Å². The highest BCUT2D eigenvalue weighted by Gasteiger charge is 2.01. The SMILES string of the molecule is C/C(=C\CN)COc1ccc(Cl)cc1Cl.Cl. The van der Waals surface area contributed by atoms with Crippen LogP contribution in [0.5, 0.6) is 5.75 Å². The Hall–Kier alpha value is -0.410. The number of hydrogen-bond acceptors (Lipinski definition) is 2. The number of ether oxygens (including phenoxy) is 1. The number of nitrogens with two attached hydrogens (primary N) is 1. The topological polar surface area (TPSA) is 35.2 Å². The number of hydrogen-bond donors (Lipinski definition) is 1. The highest BCUT2D eigenvalue weighted by Crippen LogP contribution is 2.27. The van der Waals surface area contributed by atoms with Crippen LogP contribution in [-0.2, 0) is 0 Å². The molecule has 0 aliphatic carbocycles. The lowest BCUT2D eigenvalue weighted by atomic mass is 10.3. The van der Waals surface area contributed by atoms with Gasteiger partial charge in [-0.25, -0.2) is 0 Å². The zero-order chi connectivity index (χ0) is 11.3. The van der Waals surface area contributed by atoms with Gasteiger partial charge in [-0.2, -0.15) is 0 Å². The zero-order valence-electron chi connectivity index (χ0n) is 8.87. The third-order valence-corrected chi connectivity index (χ3v) is 2.35. The van der Waals surface area contributed by atoms with Gasteiger partial charge in [-0.1, -0.05) is 29.3 Å². The minimum absolute atomic E-state index is 0. The van der Waals surface area contributed by atoms with E-state index in [1.807, 2.05) is 13.0 Å². The van der Waals surface area contributed by atoms with Gasteiger partial charge in [0.25, 0.3) is 0 Å². The molecule has 1 aromatic carbocycles. The molecule has 16 heavy (non-hydrogen) atoms. The fourth-order valence-corrected chi connectivity index (χ4v) is 1.51. The first-order valence-electron chi connectivity index (χ1n) is 4.57. The summed E-state index contributed by atoms with van der Waals surface area (Å²) in [6.45, 7) is 2.96. The molecule has 0 saturated carbocycles. The van der Waals surface area contributed by atoms with Gasteiger partial charge in [-0.05, 0) is 30.7 Å². The van der Waals surface area contributed by atoms with Crippen LogP contribution in [0.15, 0.2) is 29.8 Å². The molecule has 5 heteroatoms. The Morgan fingerprint density at radius 2 is 2.12 bits per heavy atom. The molecule has 0 aliphatic rings. The molecule has 0 unspecified atom stereocenters. The van der Waals surface area contributed by atoms with Crippen LogP contribution in [0.25, 0.3) is 0 Å².